The number of nitrogens with zero attached hydrogens (tertiary/aromatic N) is 1. The highest BCUT2D eigenvalue weighted by atomic mass is 16.5. The van der Waals surface area contributed by atoms with E-state index in [0.717, 1.165) is 27.7 Å². The minimum Gasteiger partial charge on any atom is -0.373 e. The molecule has 2 N–H and O–H groups in total. The van der Waals surface area contributed by atoms with Crippen LogP contribution in [0, 0.1) is 0 Å². The van der Waals surface area contributed by atoms with E-state index in [2.05, 4.69) is 16.4 Å². The van der Waals surface area contributed by atoms with E-state index in [-0.39, 0.29) is 24.5 Å². The van der Waals surface area contributed by atoms with Crippen molar-refractivity contribution in [3.05, 3.63) is 71.4 Å². The highest BCUT2D eigenvalue weighted by Gasteiger charge is 2.49. The summed E-state index contributed by atoms with van der Waals surface area (Å²) in [4.78, 5) is 32.1. The van der Waals surface area contributed by atoms with Crippen LogP contribution in [0.25, 0.3) is 10.9 Å². The fourth-order valence-electron chi connectivity index (χ4n) is 4.70. The zero-order valence-electron chi connectivity index (χ0n) is 18.0. The first kappa shape index (κ1) is 19.8. The number of H-pyrrole nitrogens is 1. The second-order valence-electron chi connectivity index (χ2n) is 9.33. The lowest BCUT2D eigenvalue weighted by Crippen LogP contribution is -2.67. The third-order valence-electron chi connectivity index (χ3n) is 6.10. The lowest BCUT2D eigenvalue weighted by Gasteiger charge is -2.46. The van der Waals surface area contributed by atoms with Gasteiger partial charge in [-0.2, -0.15) is 0 Å². The molecule has 2 aromatic carbocycles. The summed E-state index contributed by atoms with van der Waals surface area (Å²) in [5.74, 6) is -0.231. The Hall–Kier alpha value is -3.12. The Morgan fingerprint density at radius 3 is 2.48 bits per heavy atom. The van der Waals surface area contributed by atoms with Gasteiger partial charge in [0.25, 0.3) is 0 Å². The van der Waals surface area contributed by atoms with E-state index in [1.807, 2.05) is 69.3 Å². The normalized spacial score (nSPS) is 23.5. The molecule has 3 aromatic rings. The summed E-state index contributed by atoms with van der Waals surface area (Å²) in [7, 11) is 0. The van der Waals surface area contributed by atoms with Crippen LogP contribution in [0.4, 0.5) is 0 Å². The van der Waals surface area contributed by atoms with Gasteiger partial charge < -0.3 is 19.9 Å². The number of rotatable bonds is 3. The summed E-state index contributed by atoms with van der Waals surface area (Å²) in [5.41, 5.74) is 3.71. The number of aromatic nitrogens is 1. The summed E-state index contributed by atoms with van der Waals surface area (Å²) in [6, 6.07) is 16.5. The van der Waals surface area contributed by atoms with Crippen molar-refractivity contribution in [3.8, 4) is 0 Å². The van der Waals surface area contributed by atoms with Crippen LogP contribution in [0.1, 0.15) is 43.6 Å². The molecule has 31 heavy (non-hydrogen) atoms. The number of nitrogens with one attached hydrogen (secondary N) is 2. The quantitative estimate of drug-likeness (QED) is 0.687. The molecule has 6 heteroatoms. The maximum Gasteiger partial charge on any atom is 0.249 e. The van der Waals surface area contributed by atoms with E-state index in [4.69, 9.17) is 4.74 Å². The van der Waals surface area contributed by atoms with Gasteiger partial charge in [0.2, 0.25) is 11.8 Å². The smallest absolute Gasteiger partial charge is 0.249 e. The van der Waals surface area contributed by atoms with E-state index < -0.39 is 17.7 Å². The van der Waals surface area contributed by atoms with Gasteiger partial charge in [-0.3, -0.25) is 9.59 Å². The number of hydrogen-bond acceptors (Lipinski definition) is 3. The average Bonchev–Trinajstić information content (AvgIpc) is 3.12. The number of carbonyl (C=O) groups is 2. The molecule has 3 heterocycles. The second-order valence-corrected chi connectivity index (χ2v) is 9.33. The highest BCUT2D eigenvalue weighted by molar-refractivity contribution is 5.99. The van der Waals surface area contributed by atoms with Crippen molar-refractivity contribution in [2.24, 2.45) is 0 Å². The van der Waals surface area contributed by atoms with Gasteiger partial charge in [-0.15, -0.1) is 0 Å². The highest BCUT2D eigenvalue weighted by Crippen LogP contribution is 2.42. The second kappa shape index (κ2) is 7.24. The predicted molar refractivity (Wildman–Crippen MR) is 119 cm³/mol. The zero-order chi connectivity index (χ0) is 21.8. The molecule has 0 saturated carbocycles. The van der Waals surface area contributed by atoms with E-state index in [1.54, 1.807) is 4.90 Å². The fourth-order valence-corrected chi connectivity index (χ4v) is 4.70. The Morgan fingerprint density at radius 1 is 1.03 bits per heavy atom. The lowest BCUT2D eigenvalue weighted by atomic mass is 9.85. The van der Waals surface area contributed by atoms with E-state index in [0.29, 0.717) is 6.42 Å². The summed E-state index contributed by atoms with van der Waals surface area (Å²) in [6.45, 7) is 5.97. The van der Waals surface area contributed by atoms with Crippen molar-refractivity contribution in [1.29, 1.82) is 0 Å². The molecule has 0 bridgehead atoms. The molecule has 2 unspecified atom stereocenters. The fraction of sp³-hybridized carbons (Fsp3) is 0.360. The minimum absolute atomic E-state index is 0.105. The average molecular weight is 418 g/mol. The number of carbonyl (C=O) groups excluding carboxylic acids is 2. The molecular formula is C25H27N3O3. The Bertz CT molecular complexity index is 1150. The third kappa shape index (κ3) is 3.41. The molecule has 6 nitrogen and oxygen atoms in total. The van der Waals surface area contributed by atoms with Crippen LogP contribution >= 0.6 is 0 Å². The van der Waals surface area contributed by atoms with Crippen molar-refractivity contribution < 1.29 is 14.3 Å². The van der Waals surface area contributed by atoms with E-state index >= 15 is 0 Å². The van der Waals surface area contributed by atoms with E-state index in [1.165, 1.54) is 0 Å². The molecule has 0 aliphatic carbocycles. The summed E-state index contributed by atoms with van der Waals surface area (Å²) in [5, 5.41) is 4.02. The number of benzene rings is 2. The molecule has 0 radical (unpaired) electrons. The molecule has 1 saturated heterocycles. The van der Waals surface area contributed by atoms with E-state index in [9.17, 15) is 9.59 Å². The maximum absolute atomic E-state index is 13.6. The molecule has 5 rings (SSSR count). The van der Waals surface area contributed by atoms with Gasteiger partial charge in [0.15, 0.2) is 0 Å². The minimum atomic E-state index is -0.694. The standard InChI is InChI=1S/C25H27N3O3/c1-25(2,3)31-14-19-24(30)28-20(23(29)27-19)13-17-16-11-7-8-12-18(16)26-21(17)22(28)15-9-5-4-6-10-15/h4-12,19-20,22,26H,13-14H2,1-3H3,(H,27,29)/t19?,20-,22?/m0/s1. The number of fused-ring (bicyclic) bond motifs is 4. The van der Waals surface area contributed by atoms with Crippen LogP contribution in [-0.4, -0.2) is 46.0 Å². The number of para-hydroxylation sites is 1. The van der Waals surface area contributed by atoms with Gasteiger partial charge in [-0.25, -0.2) is 0 Å². The van der Waals surface area contributed by atoms with Crippen molar-refractivity contribution in [2.45, 2.75) is 50.9 Å². The SMILES string of the molecule is CC(C)(C)OCC1NC(=O)[C@@H]2Cc3c([nH]c4ccccc34)C(c3ccccc3)N2C1=O. The number of hydrogen-bond donors (Lipinski definition) is 2. The number of piperazine rings is 1. The zero-order valence-corrected chi connectivity index (χ0v) is 18.0. The molecule has 3 atom stereocenters. The summed E-state index contributed by atoms with van der Waals surface area (Å²) >= 11 is 0. The Morgan fingerprint density at radius 2 is 1.74 bits per heavy atom. The van der Waals surface area contributed by atoms with Gasteiger partial charge in [-0.05, 0) is 38.0 Å². The van der Waals surface area contributed by atoms with Crippen molar-refractivity contribution in [2.75, 3.05) is 6.61 Å². The monoisotopic (exact) mass is 417 g/mol. The number of amides is 2. The lowest BCUT2D eigenvalue weighted by molar-refractivity contribution is -0.155. The van der Waals surface area contributed by atoms with Gasteiger partial charge in [0.1, 0.15) is 12.1 Å². The van der Waals surface area contributed by atoms with Gasteiger partial charge in [0, 0.05) is 23.0 Å². The first-order valence-electron chi connectivity index (χ1n) is 10.7. The molecule has 2 amide bonds. The first-order valence-corrected chi connectivity index (χ1v) is 10.7. The van der Waals surface area contributed by atoms with Crippen molar-refractivity contribution in [1.82, 2.24) is 15.2 Å². The van der Waals surface area contributed by atoms with Crippen LogP contribution < -0.4 is 5.32 Å². The van der Waals surface area contributed by atoms with Crippen molar-refractivity contribution in [3.63, 3.8) is 0 Å². The Kier molecular flexibility index (Phi) is 4.63. The first-order chi connectivity index (χ1) is 14.8. The molecular weight excluding hydrogens is 390 g/mol. The van der Waals surface area contributed by atoms with Crippen LogP contribution in [0.15, 0.2) is 54.6 Å². The van der Waals surface area contributed by atoms with Crippen LogP contribution in [-0.2, 0) is 20.7 Å². The molecule has 2 aliphatic rings. The molecule has 1 fully saturated rings. The third-order valence-corrected chi connectivity index (χ3v) is 6.10. The Labute approximate surface area is 181 Å². The molecule has 0 spiro atoms. The molecule has 1 aromatic heterocycles. The van der Waals surface area contributed by atoms with Crippen LogP contribution in [0.5, 0.6) is 0 Å². The summed E-state index contributed by atoms with van der Waals surface area (Å²) in [6.07, 6.45) is 0.493. The number of aromatic amines is 1. The van der Waals surface area contributed by atoms with Crippen LogP contribution in [0.3, 0.4) is 0 Å². The number of ether oxygens (including phenoxy) is 1. The maximum atomic E-state index is 13.6. The van der Waals surface area contributed by atoms with Gasteiger partial charge >= 0.3 is 0 Å². The summed E-state index contributed by atoms with van der Waals surface area (Å²) < 4.78 is 5.86. The van der Waals surface area contributed by atoms with Gasteiger partial charge in [0.05, 0.1) is 18.2 Å². The Balaban J connectivity index is 1.62. The van der Waals surface area contributed by atoms with Gasteiger partial charge in [-0.1, -0.05) is 48.5 Å². The van der Waals surface area contributed by atoms with Crippen LogP contribution in [0.2, 0.25) is 0 Å². The molecule has 160 valence electrons. The molecule has 2 aliphatic heterocycles. The largest absolute Gasteiger partial charge is 0.373 e. The topological polar surface area (TPSA) is 74.4 Å². The van der Waals surface area contributed by atoms with Crippen molar-refractivity contribution >= 4 is 22.7 Å². The predicted octanol–water partition coefficient (Wildman–Crippen LogP) is 3.32.